The van der Waals surface area contributed by atoms with Crippen molar-refractivity contribution in [2.24, 2.45) is 5.41 Å². The molecule has 1 atom stereocenters. The van der Waals surface area contributed by atoms with Crippen molar-refractivity contribution in [1.82, 2.24) is 10.2 Å². The van der Waals surface area contributed by atoms with Crippen LogP contribution in [0.3, 0.4) is 0 Å². The number of carbonyl (C=O) groups is 2. The first-order valence-electron chi connectivity index (χ1n) is 7.98. The quantitative estimate of drug-likeness (QED) is 0.719. The minimum atomic E-state index is -0.800. The van der Waals surface area contributed by atoms with Crippen molar-refractivity contribution in [1.29, 1.82) is 0 Å². The maximum Gasteiger partial charge on any atom is 0.317 e. The topological polar surface area (TPSA) is 89.9 Å². The molecule has 120 valence electrons. The fourth-order valence-electron chi connectivity index (χ4n) is 3.58. The highest BCUT2D eigenvalue weighted by molar-refractivity contribution is 5.78. The van der Waals surface area contributed by atoms with E-state index in [0.29, 0.717) is 25.8 Å². The van der Waals surface area contributed by atoms with Gasteiger partial charge in [-0.2, -0.15) is 0 Å². The summed E-state index contributed by atoms with van der Waals surface area (Å²) in [6.07, 6.45) is 6.67. The lowest BCUT2D eigenvalue weighted by atomic mass is 9.86. The van der Waals surface area contributed by atoms with Crippen molar-refractivity contribution in [3.05, 3.63) is 0 Å². The predicted octanol–water partition coefficient (Wildman–Crippen LogP) is 1.58. The molecule has 1 heterocycles. The van der Waals surface area contributed by atoms with Gasteiger partial charge in [-0.05, 0) is 38.5 Å². The average molecular weight is 298 g/mol. The van der Waals surface area contributed by atoms with Crippen LogP contribution in [0.1, 0.15) is 51.4 Å². The van der Waals surface area contributed by atoms with E-state index in [2.05, 4.69) is 5.32 Å². The molecule has 0 radical (unpaired) electrons. The van der Waals surface area contributed by atoms with Crippen LogP contribution < -0.4 is 5.32 Å². The number of likely N-dealkylation sites (tertiary alicyclic amines) is 1. The zero-order valence-corrected chi connectivity index (χ0v) is 12.5. The van der Waals surface area contributed by atoms with Crippen LogP contribution in [0.2, 0.25) is 0 Å². The second-order valence-electron chi connectivity index (χ2n) is 6.31. The standard InChI is InChI=1S/C15H26N2O4/c18-10-6-12-5-1-4-9-17(12)14(21)16-11-15(13(19)20)7-2-3-8-15/h12,18H,1-11H2,(H,16,21)(H,19,20). The molecule has 1 saturated heterocycles. The Balaban J connectivity index is 1.92. The number of rotatable bonds is 5. The number of piperidine rings is 1. The summed E-state index contributed by atoms with van der Waals surface area (Å²) in [7, 11) is 0. The summed E-state index contributed by atoms with van der Waals surface area (Å²) in [6, 6.07) is -0.103. The number of carbonyl (C=O) groups excluding carboxylic acids is 1. The normalized spacial score (nSPS) is 24.8. The smallest absolute Gasteiger partial charge is 0.317 e. The number of aliphatic hydroxyl groups excluding tert-OH is 1. The summed E-state index contributed by atoms with van der Waals surface area (Å²) in [5.41, 5.74) is -0.780. The number of carboxylic acid groups (broad SMARTS) is 1. The lowest BCUT2D eigenvalue weighted by Gasteiger charge is -2.36. The molecule has 0 aromatic rings. The van der Waals surface area contributed by atoms with E-state index >= 15 is 0 Å². The van der Waals surface area contributed by atoms with E-state index in [1.165, 1.54) is 0 Å². The van der Waals surface area contributed by atoms with Crippen molar-refractivity contribution < 1.29 is 19.8 Å². The molecule has 6 heteroatoms. The Bertz CT molecular complexity index is 378. The van der Waals surface area contributed by atoms with Gasteiger partial charge in [0.05, 0.1) is 5.41 Å². The van der Waals surface area contributed by atoms with Gasteiger partial charge in [-0.25, -0.2) is 4.79 Å². The number of hydrogen-bond donors (Lipinski definition) is 3. The maximum absolute atomic E-state index is 12.3. The van der Waals surface area contributed by atoms with Crippen LogP contribution in [0.15, 0.2) is 0 Å². The van der Waals surface area contributed by atoms with Crippen molar-refractivity contribution >= 4 is 12.0 Å². The SMILES string of the molecule is O=C(NCC1(C(=O)O)CCCC1)N1CCCCC1CCO. The molecule has 1 aliphatic heterocycles. The molecule has 2 rings (SSSR count). The Hall–Kier alpha value is -1.30. The summed E-state index contributed by atoms with van der Waals surface area (Å²) in [6.45, 7) is 0.980. The molecule has 3 N–H and O–H groups in total. The lowest BCUT2D eigenvalue weighted by molar-refractivity contribution is -0.148. The zero-order chi connectivity index (χ0) is 15.3. The highest BCUT2D eigenvalue weighted by atomic mass is 16.4. The van der Waals surface area contributed by atoms with Crippen LogP contribution in [0, 0.1) is 5.41 Å². The van der Waals surface area contributed by atoms with Gasteiger partial charge in [0.2, 0.25) is 0 Å². The molecule has 1 saturated carbocycles. The van der Waals surface area contributed by atoms with E-state index < -0.39 is 11.4 Å². The predicted molar refractivity (Wildman–Crippen MR) is 78.0 cm³/mol. The zero-order valence-electron chi connectivity index (χ0n) is 12.5. The number of nitrogens with zero attached hydrogens (tertiary/aromatic N) is 1. The molecule has 2 amide bonds. The number of urea groups is 1. The molecule has 0 bridgehead atoms. The third kappa shape index (κ3) is 3.67. The molecule has 6 nitrogen and oxygen atoms in total. The summed E-state index contributed by atoms with van der Waals surface area (Å²) in [5, 5.41) is 21.4. The van der Waals surface area contributed by atoms with Crippen LogP contribution >= 0.6 is 0 Å². The first kappa shape index (κ1) is 16.1. The largest absolute Gasteiger partial charge is 0.481 e. The molecule has 1 aliphatic carbocycles. The second kappa shape index (κ2) is 7.11. The van der Waals surface area contributed by atoms with Crippen LogP contribution in [0.4, 0.5) is 4.79 Å². The van der Waals surface area contributed by atoms with Gasteiger partial charge in [0.15, 0.2) is 0 Å². The van der Waals surface area contributed by atoms with Gasteiger partial charge in [0, 0.05) is 25.7 Å². The van der Waals surface area contributed by atoms with E-state index in [1.807, 2.05) is 0 Å². The van der Waals surface area contributed by atoms with Crippen LogP contribution in [-0.4, -0.2) is 52.9 Å². The molecule has 2 fully saturated rings. The fraction of sp³-hybridized carbons (Fsp3) is 0.867. The van der Waals surface area contributed by atoms with Gasteiger partial charge in [0.25, 0.3) is 0 Å². The van der Waals surface area contributed by atoms with Gasteiger partial charge in [0.1, 0.15) is 0 Å². The van der Waals surface area contributed by atoms with Gasteiger partial charge >= 0.3 is 12.0 Å². The first-order chi connectivity index (χ1) is 10.1. The summed E-state index contributed by atoms with van der Waals surface area (Å²) < 4.78 is 0. The van der Waals surface area contributed by atoms with Crippen molar-refractivity contribution in [2.75, 3.05) is 19.7 Å². The highest BCUT2D eigenvalue weighted by Crippen LogP contribution is 2.37. The first-order valence-corrected chi connectivity index (χ1v) is 7.98. The highest BCUT2D eigenvalue weighted by Gasteiger charge is 2.42. The van der Waals surface area contributed by atoms with E-state index in [0.717, 1.165) is 32.1 Å². The number of aliphatic carboxylic acids is 1. The summed E-state index contributed by atoms with van der Waals surface area (Å²) in [4.78, 5) is 25.6. The van der Waals surface area contributed by atoms with E-state index in [4.69, 9.17) is 5.11 Å². The van der Waals surface area contributed by atoms with Crippen molar-refractivity contribution in [2.45, 2.75) is 57.4 Å². The van der Waals surface area contributed by atoms with E-state index in [1.54, 1.807) is 4.90 Å². The Morgan fingerprint density at radius 3 is 2.52 bits per heavy atom. The van der Waals surface area contributed by atoms with Gasteiger partial charge in [-0.15, -0.1) is 0 Å². The van der Waals surface area contributed by atoms with Crippen LogP contribution in [0.25, 0.3) is 0 Å². The van der Waals surface area contributed by atoms with Gasteiger partial charge < -0.3 is 20.4 Å². The number of aliphatic hydroxyl groups is 1. The van der Waals surface area contributed by atoms with Gasteiger partial charge in [-0.3, -0.25) is 4.79 Å². The van der Waals surface area contributed by atoms with Crippen molar-refractivity contribution in [3.63, 3.8) is 0 Å². The minimum absolute atomic E-state index is 0.0769. The molecular weight excluding hydrogens is 272 g/mol. The maximum atomic E-state index is 12.3. The summed E-state index contributed by atoms with van der Waals surface area (Å²) in [5.74, 6) is -0.800. The van der Waals surface area contributed by atoms with Crippen LogP contribution in [0.5, 0.6) is 0 Å². The fourth-order valence-corrected chi connectivity index (χ4v) is 3.58. The molecule has 1 unspecified atom stereocenters. The van der Waals surface area contributed by atoms with Gasteiger partial charge in [-0.1, -0.05) is 12.8 Å². The van der Waals surface area contributed by atoms with Crippen molar-refractivity contribution in [3.8, 4) is 0 Å². The third-order valence-electron chi connectivity index (χ3n) is 4.94. The minimum Gasteiger partial charge on any atom is -0.481 e. The Kier molecular flexibility index (Phi) is 5.45. The molecular formula is C15H26N2O4. The number of carboxylic acids is 1. The second-order valence-corrected chi connectivity index (χ2v) is 6.31. The lowest BCUT2D eigenvalue weighted by Crippen LogP contribution is -2.51. The molecule has 0 aromatic carbocycles. The number of nitrogens with one attached hydrogen (secondary N) is 1. The number of amides is 2. The van der Waals surface area contributed by atoms with E-state index in [9.17, 15) is 14.7 Å². The Morgan fingerprint density at radius 2 is 1.90 bits per heavy atom. The molecule has 0 spiro atoms. The third-order valence-corrected chi connectivity index (χ3v) is 4.94. The number of hydrogen-bond acceptors (Lipinski definition) is 3. The average Bonchev–Trinajstić information content (AvgIpc) is 2.96. The summed E-state index contributed by atoms with van der Waals surface area (Å²) >= 11 is 0. The Morgan fingerprint density at radius 1 is 1.19 bits per heavy atom. The molecule has 2 aliphatic rings. The van der Waals surface area contributed by atoms with E-state index in [-0.39, 0.29) is 25.2 Å². The molecule has 21 heavy (non-hydrogen) atoms. The Labute approximate surface area is 125 Å². The van der Waals surface area contributed by atoms with Crippen LogP contribution in [-0.2, 0) is 4.79 Å². The molecule has 0 aromatic heterocycles. The monoisotopic (exact) mass is 298 g/mol.